The van der Waals surface area contributed by atoms with E-state index < -0.39 is 0 Å². The van der Waals surface area contributed by atoms with Gasteiger partial charge in [-0.25, -0.2) is 9.97 Å². The number of pyridine rings is 1. The zero-order valence-electron chi connectivity index (χ0n) is 16.3. The number of aromatic amines is 1. The van der Waals surface area contributed by atoms with E-state index in [9.17, 15) is 0 Å². The van der Waals surface area contributed by atoms with E-state index in [0.717, 1.165) is 16.9 Å². The Hall–Kier alpha value is -3.66. The van der Waals surface area contributed by atoms with Crippen LogP contribution in [0.5, 0.6) is 0 Å². The average molecular weight is 392 g/mol. The molecule has 0 aromatic carbocycles. The number of nitrogens with zero attached hydrogens (tertiary/aromatic N) is 7. The fraction of sp³-hybridized carbons (Fsp3) is 0.263. The van der Waals surface area contributed by atoms with Crippen molar-refractivity contribution in [2.24, 2.45) is 10.7 Å². The summed E-state index contributed by atoms with van der Waals surface area (Å²) in [5, 5.41) is 7.22. The third-order valence-corrected chi connectivity index (χ3v) is 4.45. The number of nitrogens with one attached hydrogen (secondary N) is 1. The average Bonchev–Trinajstić information content (AvgIpc) is 3.34. The molecule has 29 heavy (non-hydrogen) atoms. The van der Waals surface area contributed by atoms with Crippen LogP contribution in [0.1, 0.15) is 23.9 Å². The van der Waals surface area contributed by atoms with Gasteiger partial charge in [0, 0.05) is 42.9 Å². The topological polar surface area (TPSA) is 123 Å². The fourth-order valence-electron chi connectivity index (χ4n) is 3.04. The van der Waals surface area contributed by atoms with Crippen LogP contribution in [0.4, 0.5) is 0 Å². The molecule has 0 aliphatic rings. The molecule has 0 unspecified atom stereocenters. The van der Waals surface area contributed by atoms with Crippen molar-refractivity contribution in [3.8, 4) is 0 Å². The summed E-state index contributed by atoms with van der Waals surface area (Å²) in [7, 11) is 1.68. The maximum atomic E-state index is 5.69. The van der Waals surface area contributed by atoms with Crippen LogP contribution in [-0.2, 0) is 17.9 Å². The lowest BCUT2D eigenvalue weighted by molar-refractivity contribution is -0.724. The number of rotatable bonds is 7. The smallest absolute Gasteiger partial charge is 0.346 e. The number of nitrogens with two attached hydrogens (primary N) is 1. The van der Waals surface area contributed by atoms with E-state index in [4.69, 9.17) is 10.5 Å². The van der Waals surface area contributed by atoms with Crippen LogP contribution < -0.4 is 10.4 Å². The summed E-state index contributed by atoms with van der Waals surface area (Å²) in [6.45, 7) is 3.69. The van der Waals surface area contributed by atoms with Gasteiger partial charge in [0.15, 0.2) is 5.69 Å². The Morgan fingerprint density at radius 3 is 3.03 bits per heavy atom. The van der Waals surface area contributed by atoms with Gasteiger partial charge in [0.05, 0.1) is 30.3 Å². The van der Waals surface area contributed by atoms with Gasteiger partial charge in [-0.3, -0.25) is 4.99 Å². The number of aliphatic imine (C=N–C) groups is 1. The second-order valence-electron chi connectivity index (χ2n) is 6.36. The number of H-pyrrole nitrogens is 1. The number of ether oxygens (including phenoxy) is 1. The molecule has 4 aromatic heterocycles. The first-order valence-electron chi connectivity index (χ1n) is 9.21. The third kappa shape index (κ3) is 3.69. The van der Waals surface area contributed by atoms with Crippen molar-refractivity contribution in [2.75, 3.05) is 13.7 Å². The zero-order valence-corrected chi connectivity index (χ0v) is 16.3. The van der Waals surface area contributed by atoms with E-state index in [1.807, 2.05) is 40.5 Å². The van der Waals surface area contributed by atoms with Gasteiger partial charge in [-0.05, 0) is 13.0 Å². The third-order valence-electron chi connectivity index (χ3n) is 4.45. The molecule has 0 radical (unpaired) electrons. The highest BCUT2D eigenvalue weighted by Crippen LogP contribution is 2.12. The largest absolute Gasteiger partial charge is 0.404 e. The molecule has 148 valence electrons. The van der Waals surface area contributed by atoms with E-state index in [-0.39, 0.29) is 0 Å². The van der Waals surface area contributed by atoms with Crippen molar-refractivity contribution in [3.05, 3.63) is 53.9 Å². The SMILES string of the molecule is CCOCc1cnc2ccc(C[n+]3[nH]nc4ncc(C(C=NC)=CN)nc43)cn12. The molecular weight excluding hydrogens is 370 g/mol. The minimum atomic E-state index is 0.517. The summed E-state index contributed by atoms with van der Waals surface area (Å²) in [6.07, 6.45) is 8.61. The molecule has 0 fully saturated rings. The summed E-state index contributed by atoms with van der Waals surface area (Å²) in [5.74, 6) is 0. The number of allylic oxidation sites excluding steroid dienone is 1. The maximum absolute atomic E-state index is 5.69. The number of hydrogen-bond acceptors (Lipinski definition) is 7. The minimum absolute atomic E-state index is 0.517. The predicted molar refractivity (Wildman–Crippen MR) is 108 cm³/mol. The van der Waals surface area contributed by atoms with Crippen molar-refractivity contribution in [2.45, 2.75) is 20.1 Å². The first-order valence-corrected chi connectivity index (χ1v) is 9.21. The van der Waals surface area contributed by atoms with Crippen LogP contribution in [0.2, 0.25) is 0 Å². The van der Waals surface area contributed by atoms with Crippen molar-refractivity contribution in [1.29, 1.82) is 0 Å². The van der Waals surface area contributed by atoms with Crippen LogP contribution in [0.15, 0.2) is 41.9 Å². The number of imidazole rings is 1. The monoisotopic (exact) mass is 392 g/mol. The zero-order chi connectivity index (χ0) is 20.2. The van der Waals surface area contributed by atoms with Crippen molar-refractivity contribution < 1.29 is 9.42 Å². The maximum Gasteiger partial charge on any atom is 0.346 e. The van der Waals surface area contributed by atoms with Gasteiger partial charge in [0.25, 0.3) is 0 Å². The van der Waals surface area contributed by atoms with Gasteiger partial charge < -0.3 is 14.9 Å². The number of hydrogen-bond donors (Lipinski definition) is 2. The lowest BCUT2D eigenvalue weighted by Gasteiger charge is -2.04. The van der Waals surface area contributed by atoms with E-state index in [1.54, 1.807) is 19.5 Å². The summed E-state index contributed by atoms with van der Waals surface area (Å²) < 4.78 is 9.40. The highest BCUT2D eigenvalue weighted by atomic mass is 16.5. The normalized spacial score (nSPS) is 12.6. The van der Waals surface area contributed by atoms with Crippen molar-refractivity contribution in [3.63, 3.8) is 0 Å². The first kappa shape index (κ1) is 18.7. The molecule has 4 rings (SSSR count). The minimum Gasteiger partial charge on any atom is -0.404 e. The summed E-state index contributed by atoms with van der Waals surface area (Å²) in [5.41, 5.74) is 11.1. The Morgan fingerprint density at radius 1 is 1.34 bits per heavy atom. The molecular formula is C19H22N9O+. The van der Waals surface area contributed by atoms with Crippen LogP contribution in [0, 0.1) is 0 Å². The van der Waals surface area contributed by atoms with Gasteiger partial charge in [0.2, 0.25) is 0 Å². The van der Waals surface area contributed by atoms with Crippen LogP contribution >= 0.6 is 0 Å². The van der Waals surface area contributed by atoms with Crippen LogP contribution in [0.25, 0.3) is 22.5 Å². The Kier molecular flexibility index (Phi) is 5.25. The van der Waals surface area contributed by atoms with Gasteiger partial charge in [-0.15, -0.1) is 5.21 Å². The molecule has 0 aliphatic heterocycles. The van der Waals surface area contributed by atoms with Gasteiger partial charge in [-0.1, -0.05) is 11.1 Å². The lowest BCUT2D eigenvalue weighted by atomic mass is 10.2. The Bertz CT molecular complexity index is 1210. The van der Waals surface area contributed by atoms with E-state index in [0.29, 0.717) is 42.3 Å². The Labute approximate surface area is 166 Å². The van der Waals surface area contributed by atoms with Crippen molar-refractivity contribution >= 4 is 28.7 Å². The molecule has 0 aliphatic carbocycles. The highest BCUT2D eigenvalue weighted by molar-refractivity contribution is 6.08. The molecule has 4 aromatic rings. The standard InChI is InChI=1S/C19H21N9O/c1-3-29-12-15-8-22-17-5-4-13(10-27(15)17)11-28-19-18(25-26-28)23-9-16(24-19)14(6-20)7-21-2/h4-10H,3,11-12H2,1-2H3,(H2,20,21,24,26)/p+1. The molecule has 0 saturated carbocycles. The van der Waals surface area contributed by atoms with E-state index in [1.165, 1.54) is 6.20 Å². The second-order valence-corrected chi connectivity index (χ2v) is 6.36. The molecule has 4 heterocycles. The summed E-state index contributed by atoms with van der Waals surface area (Å²) in [4.78, 5) is 17.5. The van der Waals surface area contributed by atoms with Crippen LogP contribution in [-0.4, -0.2) is 49.5 Å². The highest BCUT2D eigenvalue weighted by Gasteiger charge is 2.19. The Morgan fingerprint density at radius 2 is 2.24 bits per heavy atom. The molecule has 0 spiro atoms. The molecule has 0 amide bonds. The molecule has 0 bridgehead atoms. The predicted octanol–water partition coefficient (Wildman–Crippen LogP) is 0.873. The van der Waals surface area contributed by atoms with Gasteiger partial charge >= 0.3 is 11.3 Å². The Balaban J connectivity index is 1.68. The second kappa shape index (κ2) is 8.15. The summed E-state index contributed by atoms with van der Waals surface area (Å²) >= 11 is 0. The molecule has 0 atom stereocenters. The van der Waals surface area contributed by atoms with Gasteiger partial charge in [0.1, 0.15) is 12.2 Å². The fourth-order valence-corrected chi connectivity index (χ4v) is 3.04. The summed E-state index contributed by atoms with van der Waals surface area (Å²) in [6, 6.07) is 4.01. The van der Waals surface area contributed by atoms with Crippen molar-refractivity contribution in [1.82, 2.24) is 29.7 Å². The number of aromatic nitrogens is 7. The molecule has 10 nitrogen and oxygen atoms in total. The van der Waals surface area contributed by atoms with Gasteiger partial charge in [-0.2, -0.15) is 4.68 Å². The van der Waals surface area contributed by atoms with Crippen LogP contribution in [0.3, 0.4) is 0 Å². The number of fused-ring (bicyclic) bond motifs is 2. The quantitative estimate of drug-likeness (QED) is 0.355. The lowest BCUT2D eigenvalue weighted by Crippen LogP contribution is -2.37. The molecule has 0 saturated heterocycles. The van der Waals surface area contributed by atoms with E-state index >= 15 is 0 Å². The molecule has 10 heteroatoms. The first-order chi connectivity index (χ1) is 14.2. The molecule has 3 N–H and O–H groups in total. The van der Waals surface area contributed by atoms with E-state index in [2.05, 4.69) is 30.3 Å².